The van der Waals surface area contributed by atoms with Gasteiger partial charge >= 0.3 is 0 Å². The van der Waals surface area contributed by atoms with Crippen molar-refractivity contribution in [1.82, 2.24) is 9.13 Å². The highest BCUT2D eigenvalue weighted by Crippen LogP contribution is 2.33. The van der Waals surface area contributed by atoms with E-state index in [0.29, 0.717) is 0 Å². The van der Waals surface area contributed by atoms with Crippen molar-refractivity contribution in [3.63, 3.8) is 0 Å². The summed E-state index contributed by atoms with van der Waals surface area (Å²) in [5.41, 5.74) is 16.2. The zero-order valence-corrected chi connectivity index (χ0v) is 25.0. The van der Waals surface area contributed by atoms with Gasteiger partial charge in [-0.15, -0.1) is 0 Å². The van der Waals surface area contributed by atoms with Crippen LogP contribution in [0, 0.1) is 0 Å². The first-order valence-corrected chi connectivity index (χ1v) is 15.3. The van der Waals surface area contributed by atoms with Gasteiger partial charge in [-0.1, -0.05) is 97.1 Å². The lowest BCUT2D eigenvalue weighted by Crippen LogP contribution is -1.98. The average Bonchev–Trinajstić information content (AvgIpc) is 3.62. The predicted octanol–water partition coefficient (Wildman–Crippen LogP) is 10.0. The Bertz CT molecular complexity index is 2280. The molecule has 1 atom stereocenters. The zero-order chi connectivity index (χ0) is 30.3. The van der Waals surface area contributed by atoms with E-state index >= 15 is 0 Å². The first-order chi connectivity index (χ1) is 22.2. The molecular formula is C41H32N4. The van der Waals surface area contributed by atoms with Gasteiger partial charge in [0.2, 0.25) is 0 Å². The van der Waals surface area contributed by atoms with Gasteiger partial charge in [-0.25, -0.2) is 0 Å². The van der Waals surface area contributed by atoms with E-state index in [1.54, 1.807) is 6.20 Å². The summed E-state index contributed by atoms with van der Waals surface area (Å²) < 4.78 is 4.65. The lowest BCUT2D eigenvalue weighted by Gasteiger charge is -2.12. The van der Waals surface area contributed by atoms with Crippen LogP contribution >= 0.6 is 0 Å². The van der Waals surface area contributed by atoms with E-state index in [1.807, 2.05) is 6.21 Å². The van der Waals surface area contributed by atoms with Crippen LogP contribution in [0.4, 0.5) is 0 Å². The highest BCUT2D eigenvalue weighted by Gasteiger charge is 2.13. The molecule has 2 aromatic heterocycles. The van der Waals surface area contributed by atoms with Crippen molar-refractivity contribution >= 4 is 55.4 Å². The zero-order valence-electron chi connectivity index (χ0n) is 25.0. The van der Waals surface area contributed by atoms with E-state index in [2.05, 4.69) is 162 Å². The topological polar surface area (TPSA) is 48.2 Å². The molecule has 0 aliphatic heterocycles. The molecule has 0 saturated carbocycles. The van der Waals surface area contributed by atoms with Crippen LogP contribution in [0.1, 0.15) is 24.1 Å². The number of aromatic nitrogens is 2. The summed E-state index contributed by atoms with van der Waals surface area (Å²) in [4.78, 5) is 4.90. The van der Waals surface area contributed by atoms with Crippen molar-refractivity contribution in [2.24, 2.45) is 10.7 Å². The van der Waals surface area contributed by atoms with Gasteiger partial charge in [-0.2, -0.15) is 0 Å². The molecule has 216 valence electrons. The lowest BCUT2D eigenvalue weighted by atomic mass is 10.1. The summed E-state index contributed by atoms with van der Waals surface area (Å²) in [7, 11) is 0. The van der Waals surface area contributed by atoms with E-state index in [4.69, 9.17) is 10.7 Å². The normalized spacial score (nSPS) is 13.0. The van der Waals surface area contributed by atoms with Gasteiger partial charge in [0.1, 0.15) is 0 Å². The molecule has 0 fully saturated rings. The fraction of sp³-hybridized carbons (Fsp3) is 0.0488. The van der Waals surface area contributed by atoms with Gasteiger partial charge in [0, 0.05) is 50.9 Å². The highest BCUT2D eigenvalue weighted by atomic mass is 15.0. The molecule has 1 unspecified atom stereocenters. The van der Waals surface area contributed by atoms with E-state index in [9.17, 15) is 0 Å². The van der Waals surface area contributed by atoms with Crippen molar-refractivity contribution in [3.05, 3.63) is 163 Å². The Morgan fingerprint density at radius 3 is 1.31 bits per heavy atom. The molecule has 0 aliphatic carbocycles. The summed E-state index contributed by atoms with van der Waals surface area (Å²) in [6.07, 6.45) is 3.53. The highest BCUT2D eigenvalue weighted by molar-refractivity contribution is 6.11. The van der Waals surface area contributed by atoms with Crippen LogP contribution in [0.2, 0.25) is 0 Å². The minimum atomic E-state index is -0.0240. The Labute approximate surface area is 262 Å². The molecule has 4 heteroatoms. The number of benzene rings is 6. The largest absolute Gasteiger partial charge is 0.404 e. The first kappa shape index (κ1) is 26.7. The summed E-state index contributed by atoms with van der Waals surface area (Å²) in [5, 5.41) is 5.03. The first-order valence-electron chi connectivity index (χ1n) is 15.3. The number of rotatable bonds is 6. The summed E-state index contributed by atoms with van der Waals surface area (Å²) >= 11 is 0. The molecule has 0 amide bonds. The van der Waals surface area contributed by atoms with Crippen LogP contribution in [-0.2, 0) is 0 Å². The molecule has 45 heavy (non-hydrogen) atoms. The van der Waals surface area contributed by atoms with Crippen molar-refractivity contribution in [2.45, 2.75) is 13.0 Å². The van der Waals surface area contributed by atoms with Gasteiger partial charge in [0.05, 0.1) is 28.1 Å². The maximum Gasteiger partial charge on any atom is 0.0721 e. The Balaban J connectivity index is 1.05. The number of aliphatic imine (C=N–C) groups is 1. The Morgan fingerprint density at radius 2 is 0.911 bits per heavy atom. The van der Waals surface area contributed by atoms with Crippen molar-refractivity contribution in [3.8, 4) is 11.4 Å². The summed E-state index contributed by atoms with van der Waals surface area (Å²) in [6.45, 7) is 2.12. The molecule has 2 heterocycles. The summed E-state index contributed by atoms with van der Waals surface area (Å²) in [5.74, 6) is 0. The number of nitrogens with zero attached hydrogens (tertiary/aromatic N) is 3. The average molecular weight is 581 g/mol. The number of para-hydroxylation sites is 4. The second-order valence-electron chi connectivity index (χ2n) is 11.5. The smallest absolute Gasteiger partial charge is 0.0721 e. The Hall–Kier alpha value is -5.87. The third-order valence-electron chi connectivity index (χ3n) is 8.87. The van der Waals surface area contributed by atoms with Gasteiger partial charge in [-0.05, 0) is 66.6 Å². The molecule has 0 saturated heterocycles. The minimum absolute atomic E-state index is 0.0240. The molecule has 0 radical (unpaired) electrons. The molecular weight excluding hydrogens is 548 g/mol. The molecule has 4 nitrogen and oxygen atoms in total. The van der Waals surface area contributed by atoms with Crippen molar-refractivity contribution in [2.75, 3.05) is 0 Å². The van der Waals surface area contributed by atoms with Gasteiger partial charge in [0.25, 0.3) is 0 Å². The number of hydrogen-bond acceptors (Lipinski definition) is 2. The van der Waals surface area contributed by atoms with Gasteiger partial charge in [-0.3, -0.25) is 4.99 Å². The fourth-order valence-corrected chi connectivity index (χ4v) is 6.60. The third-order valence-corrected chi connectivity index (χ3v) is 8.87. The standard InChI is InChI=1S/C41H32N4/c1-28(29-18-22-32(23-19-29)44-38-14-6-2-10-34(38)35-11-3-7-15-39(35)44)43-27-31(26-42)30-20-24-33(25-21-30)45-40-16-8-4-12-36(40)37-13-5-9-17-41(37)45/h2-28H,42H2,1H3/b31-26+,43-27?. The molecule has 0 aliphatic rings. The number of fused-ring (bicyclic) bond motifs is 6. The van der Waals surface area contributed by atoms with Crippen LogP contribution in [0.15, 0.2) is 157 Å². The second kappa shape index (κ2) is 11.0. The van der Waals surface area contributed by atoms with E-state index in [0.717, 1.165) is 28.1 Å². The molecule has 2 N–H and O–H groups in total. The second-order valence-corrected chi connectivity index (χ2v) is 11.5. The molecule has 8 aromatic rings. The SMILES string of the molecule is CC(N=C/C(=C\N)c1ccc(-n2c3ccccc3c3ccccc32)cc1)c1ccc(-n2c3ccccc3c3ccccc32)cc1. The maximum atomic E-state index is 6.11. The fourth-order valence-electron chi connectivity index (χ4n) is 6.60. The number of allylic oxidation sites excluding steroid dienone is 1. The van der Waals surface area contributed by atoms with E-state index in [-0.39, 0.29) is 6.04 Å². The Kier molecular flexibility index (Phi) is 6.54. The lowest BCUT2D eigenvalue weighted by molar-refractivity contribution is 0.825. The van der Waals surface area contributed by atoms with Crippen LogP contribution in [0.5, 0.6) is 0 Å². The molecule has 0 bridgehead atoms. The molecule has 8 rings (SSSR count). The number of nitrogens with two attached hydrogens (primary N) is 1. The summed E-state index contributed by atoms with van der Waals surface area (Å²) in [6, 6.07) is 51.5. The van der Waals surface area contributed by atoms with Crippen LogP contribution in [-0.4, -0.2) is 15.3 Å². The van der Waals surface area contributed by atoms with Crippen LogP contribution in [0.25, 0.3) is 60.6 Å². The predicted molar refractivity (Wildman–Crippen MR) is 191 cm³/mol. The monoisotopic (exact) mass is 580 g/mol. The van der Waals surface area contributed by atoms with E-state index < -0.39 is 0 Å². The quantitative estimate of drug-likeness (QED) is 0.196. The number of hydrogen-bond donors (Lipinski definition) is 1. The Morgan fingerprint density at radius 1 is 0.533 bits per heavy atom. The third kappa shape index (κ3) is 4.50. The van der Waals surface area contributed by atoms with E-state index in [1.165, 1.54) is 43.6 Å². The molecule has 0 spiro atoms. The van der Waals surface area contributed by atoms with Crippen LogP contribution in [0.3, 0.4) is 0 Å². The molecule has 6 aromatic carbocycles. The van der Waals surface area contributed by atoms with Gasteiger partial charge in [0.15, 0.2) is 0 Å². The van der Waals surface area contributed by atoms with Crippen molar-refractivity contribution in [1.29, 1.82) is 0 Å². The minimum Gasteiger partial charge on any atom is -0.404 e. The maximum absolute atomic E-state index is 6.11. The van der Waals surface area contributed by atoms with Gasteiger partial charge < -0.3 is 14.9 Å². The van der Waals surface area contributed by atoms with Crippen molar-refractivity contribution < 1.29 is 0 Å². The van der Waals surface area contributed by atoms with Crippen LogP contribution < -0.4 is 5.73 Å².